The number of rotatable bonds is 3. The third-order valence-electron chi connectivity index (χ3n) is 2.94. The number of aromatic nitrogens is 1. The van der Waals surface area contributed by atoms with Crippen LogP contribution in [0.1, 0.15) is 10.4 Å². The van der Waals surface area contributed by atoms with Crippen molar-refractivity contribution >= 4 is 40.3 Å². The summed E-state index contributed by atoms with van der Waals surface area (Å²) in [6, 6.07) is 7.17. The summed E-state index contributed by atoms with van der Waals surface area (Å²) < 4.78 is 0. The van der Waals surface area contributed by atoms with Gasteiger partial charge in [-0.3, -0.25) is 19.5 Å². The Kier molecular flexibility index (Phi) is 3.38. The van der Waals surface area contributed by atoms with E-state index in [0.29, 0.717) is 4.88 Å². The van der Waals surface area contributed by atoms with E-state index in [1.165, 1.54) is 11.3 Å². The van der Waals surface area contributed by atoms with E-state index >= 15 is 0 Å². The molecule has 0 bridgehead atoms. The molecule has 20 heavy (non-hydrogen) atoms. The summed E-state index contributed by atoms with van der Waals surface area (Å²) in [5, 5.41) is 1.83. The fourth-order valence-corrected chi connectivity index (χ4v) is 3.11. The van der Waals surface area contributed by atoms with Crippen molar-refractivity contribution in [3.05, 3.63) is 57.5 Å². The Morgan fingerprint density at radius 2 is 2.05 bits per heavy atom. The van der Waals surface area contributed by atoms with E-state index in [2.05, 4.69) is 4.98 Å². The minimum absolute atomic E-state index is 0.0126. The normalized spacial score (nSPS) is 15.3. The predicted molar refractivity (Wildman–Crippen MR) is 76.9 cm³/mol. The molecular weight excluding hydrogens is 296 g/mol. The zero-order valence-electron chi connectivity index (χ0n) is 10.2. The zero-order chi connectivity index (χ0) is 14.1. The van der Waals surface area contributed by atoms with Crippen LogP contribution in [0.15, 0.2) is 47.1 Å². The number of carbonyl (C=O) groups excluding carboxylic acids is 2. The molecule has 3 heterocycles. The summed E-state index contributed by atoms with van der Waals surface area (Å²) in [6.07, 6.45) is 3.26. The molecule has 6 heteroatoms. The van der Waals surface area contributed by atoms with E-state index in [1.54, 1.807) is 24.5 Å². The summed E-state index contributed by atoms with van der Waals surface area (Å²) in [6.45, 7) is 0.177. The summed E-state index contributed by atoms with van der Waals surface area (Å²) in [5.74, 6) is -0.810. The molecule has 1 aliphatic heterocycles. The van der Waals surface area contributed by atoms with Crippen molar-refractivity contribution in [2.24, 2.45) is 0 Å². The summed E-state index contributed by atoms with van der Waals surface area (Å²) in [7, 11) is 0. The standard InChI is InChI=1S/C14H9ClN2O2S/c15-12-11(10-4-2-6-20-10)13(18)17(14(12)19)8-9-3-1-5-16-7-9/h1-7H,8H2. The van der Waals surface area contributed by atoms with Crippen LogP contribution in [0, 0.1) is 0 Å². The molecule has 0 aliphatic carbocycles. The average molecular weight is 305 g/mol. The monoisotopic (exact) mass is 304 g/mol. The van der Waals surface area contributed by atoms with Gasteiger partial charge in [-0.05, 0) is 23.1 Å². The Bertz CT molecular complexity index is 695. The van der Waals surface area contributed by atoms with E-state index in [0.717, 1.165) is 10.5 Å². The highest BCUT2D eigenvalue weighted by Gasteiger charge is 2.38. The maximum atomic E-state index is 12.4. The third kappa shape index (κ3) is 2.15. The van der Waals surface area contributed by atoms with E-state index in [-0.39, 0.29) is 23.1 Å². The number of thiophene rings is 1. The van der Waals surface area contributed by atoms with E-state index < -0.39 is 5.91 Å². The summed E-state index contributed by atoms with van der Waals surface area (Å²) in [4.78, 5) is 30.3. The molecule has 0 aromatic carbocycles. The molecule has 0 fully saturated rings. The second kappa shape index (κ2) is 5.19. The third-order valence-corrected chi connectivity index (χ3v) is 4.18. The molecule has 2 aromatic heterocycles. The van der Waals surface area contributed by atoms with Crippen molar-refractivity contribution in [1.82, 2.24) is 9.88 Å². The highest BCUT2D eigenvalue weighted by molar-refractivity contribution is 7.11. The Morgan fingerprint density at radius 3 is 2.70 bits per heavy atom. The van der Waals surface area contributed by atoms with Crippen LogP contribution in [-0.2, 0) is 16.1 Å². The van der Waals surface area contributed by atoms with Crippen LogP contribution in [0.25, 0.3) is 5.57 Å². The van der Waals surface area contributed by atoms with Crippen LogP contribution >= 0.6 is 22.9 Å². The topological polar surface area (TPSA) is 50.3 Å². The van der Waals surface area contributed by atoms with Crippen molar-refractivity contribution in [3.63, 3.8) is 0 Å². The molecule has 0 unspecified atom stereocenters. The number of amides is 2. The van der Waals surface area contributed by atoms with Crippen molar-refractivity contribution in [1.29, 1.82) is 0 Å². The number of imide groups is 1. The first-order chi connectivity index (χ1) is 9.68. The quantitative estimate of drug-likeness (QED) is 0.819. The molecular formula is C14H9ClN2O2S. The smallest absolute Gasteiger partial charge is 0.269 e. The number of pyridine rings is 1. The maximum absolute atomic E-state index is 12.4. The number of halogens is 1. The minimum atomic E-state index is -0.455. The first-order valence-corrected chi connectivity index (χ1v) is 7.13. The van der Waals surface area contributed by atoms with Gasteiger partial charge in [-0.25, -0.2) is 0 Å². The molecule has 0 spiro atoms. The van der Waals surface area contributed by atoms with Crippen molar-refractivity contribution in [2.45, 2.75) is 6.54 Å². The highest BCUT2D eigenvalue weighted by Crippen LogP contribution is 2.34. The van der Waals surface area contributed by atoms with Gasteiger partial charge in [-0.1, -0.05) is 23.7 Å². The molecule has 0 radical (unpaired) electrons. The first kappa shape index (κ1) is 13.0. The van der Waals surface area contributed by atoms with Gasteiger partial charge in [0.05, 0.1) is 12.1 Å². The molecule has 4 nitrogen and oxygen atoms in total. The van der Waals surface area contributed by atoms with Crippen LogP contribution in [0.3, 0.4) is 0 Å². The van der Waals surface area contributed by atoms with Crippen molar-refractivity contribution in [3.8, 4) is 0 Å². The van der Waals surface area contributed by atoms with Gasteiger partial charge in [0.2, 0.25) is 0 Å². The maximum Gasteiger partial charge on any atom is 0.273 e. The largest absolute Gasteiger partial charge is 0.273 e. The lowest BCUT2D eigenvalue weighted by Crippen LogP contribution is -2.30. The number of hydrogen-bond acceptors (Lipinski definition) is 4. The molecule has 0 saturated carbocycles. The second-order valence-corrected chi connectivity index (χ2v) is 5.55. The van der Waals surface area contributed by atoms with Gasteiger partial charge < -0.3 is 0 Å². The predicted octanol–water partition coefficient (Wildman–Crippen LogP) is 2.66. The SMILES string of the molecule is O=C1C(Cl)=C(c2cccs2)C(=O)N1Cc1cccnc1. The lowest BCUT2D eigenvalue weighted by atomic mass is 10.2. The minimum Gasteiger partial charge on any atom is -0.269 e. The fraction of sp³-hybridized carbons (Fsp3) is 0.0714. The van der Waals surface area contributed by atoms with Crippen LogP contribution in [-0.4, -0.2) is 21.7 Å². The van der Waals surface area contributed by atoms with Gasteiger partial charge in [0.1, 0.15) is 5.03 Å². The summed E-state index contributed by atoms with van der Waals surface area (Å²) >= 11 is 7.42. The lowest BCUT2D eigenvalue weighted by molar-refractivity contribution is -0.137. The highest BCUT2D eigenvalue weighted by atomic mass is 35.5. The number of carbonyl (C=O) groups is 2. The second-order valence-electron chi connectivity index (χ2n) is 4.22. The van der Waals surface area contributed by atoms with Gasteiger partial charge in [0.25, 0.3) is 11.8 Å². The molecule has 0 saturated heterocycles. The van der Waals surface area contributed by atoms with Gasteiger partial charge in [-0.15, -0.1) is 11.3 Å². The van der Waals surface area contributed by atoms with Crippen LogP contribution in [0.4, 0.5) is 0 Å². The number of nitrogens with zero attached hydrogens (tertiary/aromatic N) is 2. The van der Waals surface area contributed by atoms with Gasteiger partial charge >= 0.3 is 0 Å². The van der Waals surface area contributed by atoms with Gasteiger partial charge in [0.15, 0.2) is 0 Å². The Hall–Kier alpha value is -1.98. The molecule has 1 aliphatic rings. The van der Waals surface area contributed by atoms with E-state index in [9.17, 15) is 9.59 Å². The van der Waals surface area contributed by atoms with Crippen LogP contribution in [0.2, 0.25) is 0 Å². The lowest BCUT2D eigenvalue weighted by Gasteiger charge is -2.14. The van der Waals surface area contributed by atoms with E-state index in [4.69, 9.17) is 11.6 Å². The van der Waals surface area contributed by atoms with Crippen molar-refractivity contribution < 1.29 is 9.59 Å². The van der Waals surface area contributed by atoms with Crippen LogP contribution < -0.4 is 0 Å². The Morgan fingerprint density at radius 1 is 1.20 bits per heavy atom. The molecule has 3 rings (SSSR count). The van der Waals surface area contributed by atoms with Gasteiger partial charge in [-0.2, -0.15) is 0 Å². The Labute approximate surface area is 124 Å². The fourth-order valence-electron chi connectivity index (χ4n) is 2.00. The molecule has 2 aromatic rings. The zero-order valence-corrected chi connectivity index (χ0v) is 11.8. The van der Waals surface area contributed by atoms with Crippen molar-refractivity contribution in [2.75, 3.05) is 0 Å². The Balaban J connectivity index is 1.91. The number of hydrogen-bond donors (Lipinski definition) is 0. The summed E-state index contributed by atoms with van der Waals surface area (Å²) in [5.41, 5.74) is 1.07. The van der Waals surface area contributed by atoms with E-state index in [1.807, 2.05) is 17.5 Å². The molecule has 0 atom stereocenters. The molecule has 100 valence electrons. The van der Waals surface area contributed by atoms with Crippen LogP contribution in [0.5, 0.6) is 0 Å². The van der Waals surface area contributed by atoms with Gasteiger partial charge in [0, 0.05) is 17.3 Å². The molecule has 0 N–H and O–H groups in total. The first-order valence-electron chi connectivity index (χ1n) is 5.87. The average Bonchev–Trinajstić information content (AvgIpc) is 3.04. The molecule has 2 amide bonds.